The highest BCUT2D eigenvalue weighted by atomic mass is 16.6. The molecule has 4 heteroatoms. The van der Waals surface area contributed by atoms with Crippen LogP contribution in [0.15, 0.2) is 15.7 Å². The van der Waals surface area contributed by atoms with Crippen LogP contribution >= 0.6 is 0 Å². The van der Waals surface area contributed by atoms with Gasteiger partial charge in [0.1, 0.15) is 11.9 Å². The second kappa shape index (κ2) is 4.79. The van der Waals surface area contributed by atoms with E-state index in [9.17, 15) is 0 Å². The van der Waals surface area contributed by atoms with Crippen molar-refractivity contribution in [1.82, 2.24) is 5.16 Å². The van der Waals surface area contributed by atoms with Gasteiger partial charge in [-0.25, -0.2) is 0 Å². The number of hydrogen-bond donors (Lipinski definition) is 0. The third kappa shape index (κ3) is 3.60. The molecule has 78 valence electrons. The highest BCUT2D eigenvalue weighted by Crippen LogP contribution is 2.07. The first kappa shape index (κ1) is 10.8. The fourth-order valence-corrected chi connectivity index (χ4v) is 1.16. The van der Waals surface area contributed by atoms with Crippen molar-refractivity contribution in [1.29, 1.82) is 0 Å². The van der Waals surface area contributed by atoms with Gasteiger partial charge < -0.3 is 9.36 Å². The van der Waals surface area contributed by atoms with Crippen LogP contribution < -0.4 is 0 Å². The van der Waals surface area contributed by atoms with Crippen molar-refractivity contribution in [2.24, 2.45) is 5.16 Å². The van der Waals surface area contributed by atoms with Gasteiger partial charge in [0.15, 0.2) is 0 Å². The van der Waals surface area contributed by atoms with Gasteiger partial charge in [0, 0.05) is 12.5 Å². The van der Waals surface area contributed by atoms with Gasteiger partial charge in [-0.15, -0.1) is 0 Å². The maximum absolute atomic E-state index is 4.85. The molecule has 0 amide bonds. The monoisotopic (exact) mass is 196 g/mol. The van der Waals surface area contributed by atoms with E-state index in [0.717, 1.165) is 23.6 Å². The lowest BCUT2D eigenvalue weighted by molar-refractivity contribution is 0.0995. The smallest absolute Gasteiger partial charge is 0.133 e. The molecule has 4 nitrogen and oxygen atoms in total. The van der Waals surface area contributed by atoms with Crippen molar-refractivity contribution in [2.45, 2.75) is 40.2 Å². The molecule has 0 fully saturated rings. The summed E-state index contributed by atoms with van der Waals surface area (Å²) in [5.41, 5.74) is 2.05. The number of aromatic nitrogens is 1. The lowest BCUT2D eigenvalue weighted by atomic mass is 10.2. The predicted octanol–water partition coefficient (Wildman–Crippen LogP) is 2.46. The number of rotatable bonds is 0. The number of nitrogens with zero attached hydrogens (tertiary/aromatic N) is 2. The van der Waals surface area contributed by atoms with Crippen molar-refractivity contribution in [2.75, 3.05) is 0 Å². The molecule has 1 aliphatic heterocycles. The average molecular weight is 196 g/mol. The molecule has 14 heavy (non-hydrogen) atoms. The van der Waals surface area contributed by atoms with Gasteiger partial charge in [0.05, 0.1) is 11.4 Å². The Balaban J connectivity index is 0.000000140. The van der Waals surface area contributed by atoms with Crippen LogP contribution in [0.25, 0.3) is 0 Å². The number of aryl methyl sites for hydroxylation is 2. The largest absolute Gasteiger partial charge is 0.392 e. The van der Waals surface area contributed by atoms with Crippen molar-refractivity contribution < 1.29 is 9.36 Å². The van der Waals surface area contributed by atoms with Crippen LogP contribution in [0, 0.1) is 13.8 Å². The van der Waals surface area contributed by atoms with Gasteiger partial charge in [-0.1, -0.05) is 10.3 Å². The summed E-state index contributed by atoms with van der Waals surface area (Å²) < 4.78 is 4.71. The predicted molar refractivity (Wildman–Crippen MR) is 54.3 cm³/mol. The first-order valence-electron chi connectivity index (χ1n) is 4.67. The first-order valence-corrected chi connectivity index (χ1v) is 4.67. The van der Waals surface area contributed by atoms with Crippen LogP contribution in [-0.2, 0) is 4.84 Å². The Bertz CT molecular complexity index is 301. The molecule has 0 saturated carbocycles. The summed E-state index contributed by atoms with van der Waals surface area (Å²) in [7, 11) is 0. The molecule has 1 atom stereocenters. The molecule has 0 saturated heterocycles. The minimum absolute atomic E-state index is 0.319. The van der Waals surface area contributed by atoms with Gasteiger partial charge in [-0.3, -0.25) is 0 Å². The molecule has 0 spiro atoms. The SMILES string of the molecule is CC1=NOC(C)C1.Cc1cc(C)on1. The van der Waals surface area contributed by atoms with Crippen molar-refractivity contribution in [3.63, 3.8) is 0 Å². The van der Waals surface area contributed by atoms with E-state index in [4.69, 9.17) is 9.36 Å². The third-order valence-electron chi connectivity index (χ3n) is 1.72. The lowest BCUT2D eigenvalue weighted by Crippen LogP contribution is -1.97. The van der Waals surface area contributed by atoms with E-state index in [1.165, 1.54) is 0 Å². The van der Waals surface area contributed by atoms with Gasteiger partial charge in [0.2, 0.25) is 0 Å². The van der Waals surface area contributed by atoms with Crippen LogP contribution in [0.2, 0.25) is 0 Å². The molecule has 2 rings (SSSR count). The van der Waals surface area contributed by atoms with Crippen molar-refractivity contribution >= 4 is 5.71 Å². The van der Waals surface area contributed by atoms with E-state index in [-0.39, 0.29) is 0 Å². The Hall–Kier alpha value is -1.32. The standard InChI is InChI=1S/C5H9NO.C5H7NO/c2*1-4-3-5(2)7-6-4/h5H,3H2,1-2H3;3H,1-2H3. The maximum Gasteiger partial charge on any atom is 0.133 e. The van der Waals surface area contributed by atoms with E-state index in [1.54, 1.807) is 0 Å². The van der Waals surface area contributed by atoms with Gasteiger partial charge >= 0.3 is 0 Å². The summed E-state index contributed by atoms with van der Waals surface area (Å²) in [6.07, 6.45) is 1.32. The quantitative estimate of drug-likeness (QED) is 0.640. The topological polar surface area (TPSA) is 47.6 Å². The summed E-state index contributed by atoms with van der Waals surface area (Å²) in [6, 6.07) is 1.89. The molecule has 0 bridgehead atoms. The van der Waals surface area contributed by atoms with Crippen LogP contribution in [0.5, 0.6) is 0 Å². The molecule has 1 aromatic heterocycles. The average Bonchev–Trinajstić information content (AvgIpc) is 2.63. The molecule has 1 aliphatic rings. The minimum atomic E-state index is 0.319. The van der Waals surface area contributed by atoms with E-state index in [2.05, 4.69) is 10.3 Å². The minimum Gasteiger partial charge on any atom is -0.392 e. The molecule has 1 aromatic rings. The van der Waals surface area contributed by atoms with Crippen LogP contribution in [0.1, 0.15) is 31.7 Å². The first-order chi connectivity index (χ1) is 6.58. The van der Waals surface area contributed by atoms with Gasteiger partial charge in [-0.2, -0.15) is 0 Å². The molecular formula is C10H16N2O2. The molecule has 2 heterocycles. The summed E-state index contributed by atoms with van der Waals surface area (Å²) in [5.74, 6) is 0.873. The molecule has 0 N–H and O–H groups in total. The Kier molecular flexibility index (Phi) is 3.68. The maximum atomic E-state index is 4.85. The van der Waals surface area contributed by atoms with Crippen LogP contribution in [0.3, 0.4) is 0 Å². The normalized spacial score (nSPS) is 19.4. The summed E-state index contributed by atoms with van der Waals surface area (Å²) in [5, 5.41) is 7.38. The third-order valence-corrected chi connectivity index (χ3v) is 1.72. The van der Waals surface area contributed by atoms with E-state index < -0.39 is 0 Å². The fourth-order valence-electron chi connectivity index (χ4n) is 1.16. The second-order valence-electron chi connectivity index (χ2n) is 3.53. The highest BCUT2D eigenvalue weighted by Gasteiger charge is 2.10. The van der Waals surface area contributed by atoms with Crippen LogP contribution in [-0.4, -0.2) is 17.0 Å². The second-order valence-corrected chi connectivity index (χ2v) is 3.53. The fraction of sp³-hybridized carbons (Fsp3) is 0.600. The van der Waals surface area contributed by atoms with Gasteiger partial charge in [-0.05, 0) is 27.7 Å². The Morgan fingerprint density at radius 2 is 2.07 bits per heavy atom. The van der Waals surface area contributed by atoms with E-state index in [1.807, 2.05) is 33.8 Å². The molecule has 0 aliphatic carbocycles. The Labute approximate surface area is 83.9 Å². The van der Waals surface area contributed by atoms with Crippen molar-refractivity contribution in [3.8, 4) is 0 Å². The molecule has 1 unspecified atom stereocenters. The summed E-state index contributed by atoms with van der Waals surface area (Å²) in [6.45, 7) is 7.76. The molecular weight excluding hydrogens is 180 g/mol. The molecule has 0 aromatic carbocycles. The molecule has 0 radical (unpaired) electrons. The summed E-state index contributed by atoms with van der Waals surface area (Å²) in [4.78, 5) is 4.85. The van der Waals surface area contributed by atoms with Crippen molar-refractivity contribution in [3.05, 3.63) is 17.5 Å². The summed E-state index contributed by atoms with van der Waals surface area (Å²) >= 11 is 0. The van der Waals surface area contributed by atoms with Gasteiger partial charge in [0.25, 0.3) is 0 Å². The van der Waals surface area contributed by atoms with E-state index in [0.29, 0.717) is 6.10 Å². The van der Waals surface area contributed by atoms with Crippen LogP contribution in [0.4, 0.5) is 0 Å². The Morgan fingerprint density at radius 3 is 2.21 bits per heavy atom. The van der Waals surface area contributed by atoms with E-state index >= 15 is 0 Å². The number of hydrogen-bond acceptors (Lipinski definition) is 4. The zero-order valence-electron chi connectivity index (χ0n) is 9.07. The lowest BCUT2D eigenvalue weighted by Gasteiger charge is -1.93. The zero-order chi connectivity index (χ0) is 10.6. The number of oxime groups is 1. The zero-order valence-corrected chi connectivity index (χ0v) is 9.07. The Morgan fingerprint density at radius 1 is 1.36 bits per heavy atom. The highest BCUT2D eigenvalue weighted by molar-refractivity contribution is 5.82.